The Morgan fingerprint density at radius 3 is 2.60 bits per heavy atom. The van der Waals surface area contributed by atoms with Crippen LogP contribution in [0.4, 0.5) is 0 Å². The van der Waals surface area contributed by atoms with Gasteiger partial charge in [0.25, 0.3) is 0 Å². The third-order valence-corrected chi connectivity index (χ3v) is 1.76. The van der Waals surface area contributed by atoms with Gasteiger partial charge >= 0.3 is 0 Å². The number of benzene rings is 1. The summed E-state index contributed by atoms with van der Waals surface area (Å²) in [4.78, 5) is 0. The maximum absolute atomic E-state index is 3.83. The van der Waals surface area contributed by atoms with E-state index in [0.717, 1.165) is 11.1 Å². The van der Waals surface area contributed by atoms with Crippen molar-refractivity contribution >= 4 is 6.08 Å². The van der Waals surface area contributed by atoms with Gasteiger partial charge in [-0.25, -0.2) is 0 Å². The molecule has 74 valence electrons. The molecule has 0 fully saturated rings. The van der Waals surface area contributed by atoms with E-state index < -0.39 is 0 Å². The quantitative estimate of drug-likeness (QED) is 0.501. The van der Waals surface area contributed by atoms with Crippen molar-refractivity contribution in [3.63, 3.8) is 0 Å². The van der Waals surface area contributed by atoms with Gasteiger partial charge in [-0.3, -0.25) is 0 Å². The average Bonchev–Trinajstić information content (AvgIpc) is 2.26. The SMILES string of the molecule is C=C(C=C=C=Cc1ccccc1)C=CC. The third kappa shape index (κ3) is 4.69. The molecule has 0 heterocycles. The summed E-state index contributed by atoms with van der Waals surface area (Å²) in [5.74, 6) is 0. The minimum atomic E-state index is 0.923. The lowest BCUT2D eigenvalue weighted by atomic mass is 10.2. The molecule has 0 bridgehead atoms. The highest BCUT2D eigenvalue weighted by Crippen LogP contribution is 1.99. The molecule has 1 aromatic carbocycles. The van der Waals surface area contributed by atoms with E-state index in [9.17, 15) is 0 Å². The molecule has 0 N–H and O–H groups in total. The normalized spacial score (nSPS) is 9.13. The smallest absolute Gasteiger partial charge is 0.00427 e. The lowest BCUT2D eigenvalue weighted by Crippen LogP contribution is -1.65. The van der Waals surface area contributed by atoms with Gasteiger partial charge in [-0.05, 0) is 30.2 Å². The molecular formula is C15H14. The summed E-state index contributed by atoms with van der Waals surface area (Å²) in [6.07, 6.45) is 7.57. The molecule has 0 aliphatic rings. The molecule has 1 aromatic rings. The molecule has 0 nitrogen and oxygen atoms in total. The Morgan fingerprint density at radius 1 is 1.20 bits per heavy atom. The van der Waals surface area contributed by atoms with Crippen LogP contribution in [0.2, 0.25) is 0 Å². The van der Waals surface area contributed by atoms with E-state index in [1.54, 1.807) is 6.08 Å². The topological polar surface area (TPSA) is 0 Å². The third-order valence-electron chi connectivity index (χ3n) is 1.76. The van der Waals surface area contributed by atoms with Crippen LogP contribution in [0.3, 0.4) is 0 Å². The largest absolute Gasteiger partial charge is 0.0911 e. The van der Waals surface area contributed by atoms with Crippen molar-refractivity contribution < 1.29 is 0 Å². The van der Waals surface area contributed by atoms with Gasteiger partial charge in [0.05, 0.1) is 0 Å². The average molecular weight is 194 g/mol. The summed E-state index contributed by atoms with van der Waals surface area (Å²) in [5.41, 5.74) is 7.95. The van der Waals surface area contributed by atoms with Crippen molar-refractivity contribution in [1.29, 1.82) is 0 Å². The van der Waals surface area contributed by atoms with Gasteiger partial charge in [0, 0.05) is 0 Å². The van der Waals surface area contributed by atoms with E-state index in [1.165, 1.54) is 0 Å². The van der Waals surface area contributed by atoms with Crippen LogP contribution in [0, 0.1) is 0 Å². The monoisotopic (exact) mass is 194 g/mol. The van der Waals surface area contributed by atoms with Gasteiger partial charge in [0.1, 0.15) is 0 Å². The fourth-order valence-electron chi connectivity index (χ4n) is 1.07. The van der Waals surface area contributed by atoms with Crippen molar-refractivity contribution in [2.45, 2.75) is 6.92 Å². The Morgan fingerprint density at radius 2 is 1.93 bits per heavy atom. The van der Waals surface area contributed by atoms with Crippen molar-refractivity contribution in [1.82, 2.24) is 0 Å². The Balaban J connectivity index is 2.73. The molecule has 0 spiro atoms. The Kier molecular flexibility index (Phi) is 4.77. The van der Waals surface area contributed by atoms with E-state index in [4.69, 9.17) is 0 Å². The second-order valence-electron chi connectivity index (χ2n) is 3.06. The Labute approximate surface area is 91.3 Å². The van der Waals surface area contributed by atoms with Gasteiger partial charge in [-0.2, -0.15) is 0 Å². The van der Waals surface area contributed by atoms with Crippen LogP contribution in [-0.4, -0.2) is 0 Å². The van der Waals surface area contributed by atoms with Gasteiger partial charge in [-0.1, -0.05) is 60.5 Å². The van der Waals surface area contributed by atoms with Crippen LogP contribution in [0.1, 0.15) is 12.5 Å². The molecule has 0 saturated carbocycles. The zero-order valence-corrected chi connectivity index (χ0v) is 8.90. The number of hydrogen-bond acceptors (Lipinski definition) is 0. The number of rotatable bonds is 3. The van der Waals surface area contributed by atoms with Crippen LogP contribution in [0.25, 0.3) is 6.08 Å². The molecule has 0 aliphatic carbocycles. The molecule has 0 aliphatic heterocycles. The first-order valence-corrected chi connectivity index (χ1v) is 4.87. The molecule has 0 saturated heterocycles. The van der Waals surface area contributed by atoms with Gasteiger partial charge in [-0.15, -0.1) is 0 Å². The van der Waals surface area contributed by atoms with E-state index in [1.807, 2.05) is 55.5 Å². The first-order chi connectivity index (χ1) is 7.33. The number of allylic oxidation sites excluding steroid dienone is 4. The second-order valence-corrected chi connectivity index (χ2v) is 3.06. The van der Waals surface area contributed by atoms with Crippen LogP contribution in [0.5, 0.6) is 0 Å². The van der Waals surface area contributed by atoms with Gasteiger partial charge in [0.2, 0.25) is 0 Å². The van der Waals surface area contributed by atoms with Crippen molar-refractivity contribution in [2.75, 3.05) is 0 Å². The van der Waals surface area contributed by atoms with Crippen molar-refractivity contribution in [2.24, 2.45) is 0 Å². The van der Waals surface area contributed by atoms with Crippen molar-refractivity contribution in [3.8, 4) is 0 Å². The summed E-state index contributed by atoms with van der Waals surface area (Å²) in [6, 6.07) is 10.0. The summed E-state index contributed by atoms with van der Waals surface area (Å²) in [6.45, 7) is 5.79. The summed E-state index contributed by atoms with van der Waals surface area (Å²) < 4.78 is 0. The molecule has 0 radical (unpaired) electrons. The Bertz CT molecular complexity index is 434. The van der Waals surface area contributed by atoms with E-state index in [0.29, 0.717) is 0 Å². The zero-order chi connectivity index (χ0) is 10.9. The molecule has 0 atom stereocenters. The Hall–Kier alpha value is -2.00. The van der Waals surface area contributed by atoms with E-state index >= 15 is 0 Å². The van der Waals surface area contributed by atoms with Crippen LogP contribution in [-0.2, 0) is 0 Å². The highest BCUT2D eigenvalue weighted by Gasteiger charge is 1.78. The lowest BCUT2D eigenvalue weighted by molar-refractivity contribution is 1.66. The zero-order valence-electron chi connectivity index (χ0n) is 8.90. The summed E-state index contributed by atoms with van der Waals surface area (Å²) in [5, 5.41) is 0. The molecule has 0 unspecified atom stereocenters. The summed E-state index contributed by atoms with van der Waals surface area (Å²) >= 11 is 0. The lowest BCUT2D eigenvalue weighted by Gasteiger charge is -1.85. The first kappa shape index (κ1) is 11.1. The predicted octanol–water partition coefficient (Wildman–Crippen LogP) is 4.14. The fourth-order valence-corrected chi connectivity index (χ4v) is 1.07. The fraction of sp³-hybridized carbons (Fsp3) is 0.0667. The highest BCUT2D eigenvalue weighted by molar-refractivity contribution is 5.48. The molecular weight excluding hydrogens is 180 g/mol. The van der Waals surface area contributed by atoms with Crippen LogP contribution < -0.4 is 0 Å². The highest BCUT2D eigenvalue weighted by atomic mass is 13.8. The molecule has 0 heteroatoms. The van der Waals surface area contributed by atoms with E-state index in [-0.39, 0.29) is 0 Å². The molecule has 1 rings (SSSR count). The van der Waals surface area contributed by atoms with Crippen LogP contribution in [0.15, 0.2) is 72.2 Å². The minimum absolute atomic E-state index is 0.923. The van der Waals surface area contributed by atoms with E-state index in [2.05, 4.69) is 18.0 Å². The molecule has 15 heavy (non-hydrogen) atoms. The number of hydrogen-bond donors (Lipinski definition) is 0. The maximum Gasteiger partial charge on any atom is -0.00427 e. The first-order valence-electron chi connectivity index (χ1n) is 4.87. The minimum Gasteiger partial charge on any atom is -0.0911 e. The van der Waals surface area contributed by atoms with Gasteiger partial charge < -0.3 is 0 Å². The van der Waals surface area contributed by atoms with Gasteiger partial charge in [0.15, 0.2) is 0 Å². The molecule has 0 aromatic heterocycles. The summed E-state index contributed by atoms with van der Waals surface area (Å²) in [7, 11) is 0. The predicted molar refractivity (Wildman–Crippen MR) is 66.5 cm³/mol. The standard InChI is InChI=1S/C15H14/c1-3-9-14(2)10-7-8-13-15-11-5-4-6-12-15/h3-6,9-13H,2H2,1H3. The van der Waals surface area contributed by atoms with Crippen LogP contribution >= 0.6 is 0 Å². The second kappa shape index (κ2) is 6.45. The molecule has 0 amide bonds. The van der Waals surface area contributed by atoms with Crippen molar-refractivity contribution in [3.05, 3.63) is 77.7 Å². The maximum atomic E-state index is 3.83.